The zero-order valence-electron chi connectivity index (χ0n) is 11.0. The molecule has 2 aromatic rings. The van der Waals surface area contributed by atoms with Crippen LogP contribution in [0.5, 0.6) is 0 Å². The van der Waals surface area contributed by atoms with E-state index in [1.165, 1.54) is 7.11 Å². The van der Waals surface area contributed by atoms with Crippen molar-refractivity contribution in [2.24, 2.45) is 0 Å². The zero-order valence-corrected chi connectivity index (χ0v) is 11.9. The third kappa shape index (κ3) is 3.41. The van der Waals surface area contributed by atoms with Gasteiger partial charge in [-0.25, -0.2) is 9.97 Å². The SMILES string of the molecule is CCCC(CC(=O)OC)Nc1ncnc2sccc12. The van der Waals surface area contributed by atoms with Crippen molar-refractivity contribution >= 4 is 33.3 Å². The van der Waals surface area contributed by atoms with Crippen molar-refractivity contribution in [3.63, 3.8) is 0 Å². The summed E-state index contributed by atoms with van der Waals surface area (Å²) in [5.74, 6) is 0.579. The Morgan fingerprint density at radius 3 is 3.11 bits per heavy atom. The van der Waals surface area contributed by atoms with Crippen LogP contribution in [0.25, 0.3) is 10.2 Å². The molecule has 0 aliphatic heterocycles. The Morgan fingerprint density at radius 1 is 1.53 bits per heavy atom. The van der Waals surface area contributed by atoms with Gasteiger partial charge in [0, 0.05) is 6.04 Å². The van der Waals surface area contributed by atoms with E-state index in [0.717, 1.165) is 28.9 Å². The van der Waals surface area contributed by atoms with E-state index in [1.807, 2.05) is 11.4 Å². The van der Waals surface area contributed by atoms with E-state index in [2.05, 4.69) is 22.2 Å². The number of methoxy groups -OCH3 is 1. The third-order valence-corrected chi connectivity index (χ3v) is 3.70. The fourth-order valence-electron chi connectivity index (χ4n) is 1.96. The highest BCUT2D eigenvalue weighted by Crippen LogP contribution is 2.25. The van der Waals surface area contributed by atoms with Crippen molar-refractivity contribution in [3.8, 4) is 0 Å². The Morgan fingerprint density at radius 2 is 2.37 bits per heavy atom. The summed E-state index contributed by atoms with van der Waals surface area (Å²) >= 11 is 1.58. The lowest BCUT2D eigenvalue weighted by atomic mass is 10.1. The quantitative estimate of drug-likeness (QED) is 0.824. The van der Waals surface area contributed by atoms with Crippen LogP contribution < -0.4 is 5.32 Å². The van der Waals surface area contributed by atoms with Crippen LogP contribution >= 0.6 is 11.3 Å². The number of hydrogen-bond donors (Lipinski definition) is 1. The van der Waals surface area contributed by atoms with Gasteiger partial charge in [0.2, 0.25) is 0 Å². The van der Waals surface area contributed by atoms with Gasteiger partial charge >= 0.3 is 5.97 Å². The molecule has 6 heteroatoms. The molecular formula is C13H17N3O2S. The normalized spacial score (nSPS) is 12.3. The molecule has 0 amide bonds. The van der Waals surface area contributed by atoms with Crippen LogP contribution in [-0.4, -0.2) is 29.1 Å². The van der Waals surface area contributed by atoms with Gasteiger partial charge in [0.1, 0.15) is 17.0 Å². The zero-order chi connectivity index (χ0) is 13.7. The molecule has 0 aromatic carbocycles. The van der Waals surface area contributed by atoms with E-state index in [1.54, 1.807) is 17.7 Å². The number of anilines is 1. The number of hydrogen-bond acceptors (Lipinski definition) is 6. The molecule has 0 bridgehead atoms. The molecule has 0 saturated carbocycles. The molecule has 1 unspecified atom stereocenters. The Labute approximate surface area is 116 Å². The molecule has 0 aliphatic carbocycles. The van der Waals surface area contributed by atoms with Gasteiger partial charge in [0.25, 0.3) is 0 Å². The average Bonchev–Trinajstić information content (AvgIpc) is 2.88. The number of esters is 1. The van der Waals surface area contributed by atoms with Crippen LogP contribution in [0.15, 0.2) is 17.8 Å². The lowest BCUT2D eigenvalue weighted by molar-refractivity contribution is -0.140. The number of aromatic nitrogens is 2. The van der Waals surface area contributed by atoms with Crippen molar-refractivity contribution in [3.05, 3.63) is 17.8 Å². The highest BCUT2D eigenvalue weighted by Gasteiger charge is 2.15. The predicted octanol–water partition coefficient (Wildman–Crippen LogP) is 2.84. The third-order valence-electron chi connectivity index (χ3n) is 2.88. The van der Waals surface area contributed by atoms with Gasteiger partial charge in [-0.1, -0.05) is 13.3 Å². The van der Waals surface area contributed by atoms with Gasteiger partial charge in [-0.3, -0.25) is 4.79 Å². The predicted molar refractivity (Wildman–Crippen MR) is 76.4 cm³/mol. The molecule has 0 aliphatic rings. The monoisotopic (exact) mass is 279 g/mol. The molecule has 0 radical (unpaired) electrons. The van der Waals surface area contributed by atoms with Gasteiger partial charge in [0.05, 0.1) is 18.9 Å². The maximum atomic E-state index is 11.4. The summed E-state index contributed by atoms with van der Waals surface area (Å²) in [5, 5.41) is 6.31. The lowest BCUT2D eigenvalue weighted by Gasteiger charge is -2.17. The maximum absolute atomic E-state index is 11.4. The first kappa shape index (κ1) is 13.7. The van der Waals surface area contributed by atoms with Gasteiger partial charge in [-0.15, -0.1) is 11.3 Å². The maximum Gasteiger partial charge on any atom is 0.307 e. The van der Waals surface area contributed by atoms with Crippen LogP contribution in [0.1, 0.15) is 26.2 Å². The number of nitrogens with one attached hydrogen (secondary N) is 1. The number of carbonyl (C=O) groups excluding carboxylic acids is 1. The molecule has 1 atom stereocenters. The van der Waals surface area contributed by atoms with Gasteiger partial charge in [-0.2, -0.15) is 0 Å². The molecule has 102 valence electrons. The Balaban J connectivity index is 2.16. The van der Waals surface area contributed by atoms with E-state index < -0.39 is 0 Å². The van der Waals surface area contributed by atoms with E-state index >= 15 is 0 Å². The Bertz CT molecular complexity index is 556. The number of fused-ring (bicyclic) bond motifs is 1. The molecule has 1 N–H and O–H groups in total. The number of thiophene rings is 1. The van der Waals surface area contributed by atoms with Crippen LogP contribution in [0.3, 0.4) is 0 Å². The second kappa shape index (κ2) is 6.47. The highest BCUT2D eigenvalue weighted by molar-refractivity contribution is 7.16. The van der Waals surface area contributed by atoms with E-state index in [-0.39, 0.29) is 12.0 Å². The smallest absolute Gasteiger partial charge is 0.307 e. The summed E-state index contributed by atoms with van der Waals surface area (Å²) in [6.07, 6.45) is 3.78. The molecule has 0 saturated heterocycles. The van der Waals surface area contributed by atoms with Crippen LogP contribution in [0, 0.1) is 0 Å². The molecule has 19 heavy (non-hydrogen) atoms. The fraction of sp³-hybridized carbons (Fsp3) is 0.462. The van der Waals surface area contributed by atoms with Gasteiger partial charge < -0.3 is 10.1 Å². The fourth-order valence-corrected chi connectivity index (χ4v) is 2.69. The first-order valence-electron chi connectivity index (χ1n) is 6.26. The minimum atomic E-state index is -0.207. The largest absolute Gasteiger partial charge is 0.469 e. The summed E-state index contributed by atoms with van der Waals surface area (Å²) in [5.41, 5.74) is 0. The summed E-state index contributed by atoms with van der Waals surface area (Å²) in [7, 11) is 1.41. The van der Waals surface area contributed by atoms with Gasteiger partial charge in [-0.05, 0) is 17.9 Å². The topological polar surface area (TPSA) is 64.1 Å². The first-order valence-corrected chi connectivity index (χ1v) is 7.14. The van der Waals surface area contributed by atoms with Crippen LogP contribution in [-0.2, 0) is 9.53 Å². The molecule has 0 spiro atoms. The number of carbonyl (C=O) groups is 1. The summed E-state index contributed by atoms with van der Waals surface area (Å²) in [6, 6.07) is 2.03. The van der Waals surface area contributed by atoms with Crippen molar-refractivity contribution in [1.82, 2.24) is 9.97 Å². The number of ether oxygens (including phenoxy) is 1. The molecule has 0 fully saturated rings. The second-order valence-electron chi connectivity index (χ2n) is 4.27. The summed E-state index contributed by atoms with van der Waals surface area (Å²) < 4.78 is 4.73. The van der Waals surface area contributed by atoms with Crippen LogP contribution in [0.4, 0.5) is 5.82 Å². The van der Waals surface area contributed by atoms with Gasteiger partial charge in [0.15, 0.2) is 0 Å². The van der Waals surface area contributed by atoms with Crippen molar-refractivity contribution in [2.75, 3.05) is 12.4 Å². The average molecular weight is 279 g/mol. The van der Waals surface area contributed by atoms with Crippen LogP contribution in [0.2, 0.25) is 0 Å². The number of nitrogens with zero attached hydrogens (tertiary/aromatic N) is 2. The molecule has 5 nitrogen and oxygen atoms in total. The van der Waals surface area contributed by atoms with E-state index in [4.69, 9.17) is 4.74 Å². The van der Waals surface area contributed by atoms with E-state index in [9.17, 15) is 4.79 Å². The van der Waals surface area contributed by atoms with E-state index in [0.29, 0.717) is 6.42 Å². The van der Waals surface area contributed by atoms with Crippen molar-refractivity contribution < 1.29 is 9.53 Å². The van der Waals surface area contributed by atoms with Crippen molar-refractivity contribution in [1.29, 1.82) is 0 Å². The molecular weight excluding hydrogens is 262 g/mol. The Hall–Kier alpha value is -1.69. The summed E-state index contributed by atoms with van der Waals surface area (Å²) in [6.45, 7) is 2.09. The molecule has 2 rings (SSSR count). The summed E-state index contributed by atoms with van der Waals surface area (Å²) in [4.78, 5) is 20.8. The standard InChI is InChI=1S/C13H17N3O2S/c1-3-4-9(7-11(17)18-2)16-12-10-5-6-19-13(10)15-8-14-12/h5-6,8-9H,3-4,7H2,1-2H3,(H,14,15,16). The Kier molecular flexibility index (Phi) is 4.68. The minimum absolute atomic E-state index is 0.0375. The molecule has 2 heterocycles. The van der Waals surface area contributed by atoms with Crippen molar-refractivity contribution in [2.45, 2.75) is 32.2 Å². The number of rotatable bonds is 6. The lowest BCUT2D eigenvalue weighted by Crippen LogP contribution is -2.24. The molecule has 2 aromatic heterocycles. The minimum Gasteiger partial charge on any atom is -0.469 e. The first-order chi connectivity index (χ1) is 9.24. The second-order valence-corrected chi connectivity index (χ2v) is 5.17. The highest BCUT2D eigenvalue weighted by atomic mass is 32.1.